The quantitative estimate of drug-likeness (QED) is 0.751. The smallest absolute Gasteiger partial charge is 0.248 e. The largest absolute Gasteiger partial charge is 0.368 e. The Morgan fingerprint density at radius 1 is 1.53 bits per heavy atom. The van der Waals surface area contributed by atoms with Gasteiger partial charge in [0.2, 0.25) is 5.91 Å². The molecule has 1 amide bonds. The summed E-state index contributed by atoms with van der Waals surface area (Å²) in [6.07, 6.45) is 3.07. The Hall–Kier alpha value is -0.610. The Morgan fingerprint density at radius 2 is 2.20 bits per heavy atom. The highest BCUT2D eigenvalue weighted by atomic mass is 16.5. The minimum Gasteiger partial charge on any atom is -0.368 e. The number of nitrogens with two attached hydrogens (primary N) is 1. The summed E-state index contributed by atoms with van der Waals surface area (Å²) in [6.45, 7) is 4.17. The lowest BCUT2D eigenvalue weighted by Gasteiger charge is -2.22. The third-order valence-electron chi connectivity index (χ3n) is 3.04. The molecule has 4 heteroatoms. The van der Waals surface area contributed by atoms with Gasteiger partial charge in [-0.15, -0.1) is 0 Å². The maximum absolute atomic E-state index is 11.6. The van der Waals surface area contributed by atoms with Crippen molar-refractivity contribution in [3.8, 4) is 0 Å². The summed E-state index contributed by atoms with van der Waals surface area (Å²) in [4.78, 5) is 13.3. The zero-order chi connectivity index (χ0) is 11.4. The first-order valence-corrected chi connectivity index (χ1v) is 5.63. The lowest BCUT2D eigenvalue weighted by molar-refractivity contribution is -0.138. The zero-order valence-electron chi connectivity index (χ0n) is 9.90. The number of hydrogen-bond donors (Lipinski definition) is 1. The van der Waals surface area contributed by atoms with Crippen molar-refractivity contribution in [1.29, 1.82) is 0 Å². The lowest BCUT2D eigenvalue weighted by Crippen LogP contribution is -2.36. The standard InChI is InChI=1S/C11H22N2O2/c1-8(2)13(3)11(14)7-15-10-5-4-9(12)6-10/h8-10H,4-7,12H2,1-3H3. The van der Waals surface area contributed by atoms with Crippen molar-refractivity contribution < 1.29 is 9.53 Å². The molecule has 4 nitrogen and oxygen atoms in total. The summed E-state index contributed by atoms with van der Waals surface area (Å²) in [7, 11) is 1.80. The monoisotopic (exact) mass is 214 g/mol. The van der Waals surface area contributed by atoms with E-state index in [4.69, 9.17) is 10.5 Å². The molecule has 0 aliphatic heterocycles. The van der Waals surface area contributed by atoms with E-state index in [0.717, 1.165) is 19.3 Å². The molecule has 0 aromatic carbocycles. The van der Waals surface area contributed by atoms with E-state index in [0.29, 0.717) is 0 Å². The van der Waals surface area contributed by atoms with E-state index in [-0.39, 0.29) is 30.7 Å². The Kier molecular flexibility index (Phi) is 4.54. The fourth-order valence-electron chi connectivity index (χ4n) is 1.70. The van der Waals surface area contributed by atoms with E-state index in [1.807, 2.05) is 13.8 Å². The van der Waals surface area contributed by atoms with E-state index < -0.39 is 0 Å². The van der Waals surface area contributed by atoms with Crippen LogP contribution in [0.2, 0.25) is 0 Å². The normalized spacial score (nSPS) is 25.9. The van der Waals surface area contributed by atoms with Crippen LogP contribution in [-0.2, 0) is 9.53 Å². The van der Waals surface area contributed by atoms with Gasteiger partial charge in [0.15, 0.2) is 0 Å². The third-order valence-corrected chi connectivity index (χ3v) is 3.04. The van der Waals surface area contributed by atoms with E-state index in [1.54, 1.807) is 11.9 Å². The minimum absolute atomic E-state index is 0.0467. The molecule has 1 aliphatic rings. The number of ether oxygens (including phenoxy) is 1. The summed E-state index contributed by atoms with van der Waals surface area (Å²) in [5, 5.41) is 0. The van der Waals surface area contributed by atoms with E-state index >= 15 is 0 Å². The van der Waals surface area contributed by atoms with Crippen molar-refractivity contribution in [3.63, 3.8) is 0 Å². The number of nitrogens with zero attached hydrogens (tertiary/aromatic N) is 1. The summed E-state index contributed by atoms with van der Waals surface area (Å²) in [6, 6.07) is 0.486. The van der Waals surface area contributed by atoms with Gasteiger partial charge in [0.05, 0.1) is 6.10 Å². The molecule has 1 fully saturated rings. The Bertz CT molecular complexity index is 219. The molecule has 15 heavy (non-hydrogen) atoms. The van der Waals surface area contributed by atoms with Crippen molar-refractivity contribution >= 4 is 5.91 Å². The van der Waals surface area contributed by atoms with E-state index in [2.05, 4.69) is 0 Å². The summed E-state index contributed by atoms with van der Waals surface area (Å²) < 4.78 is 5.54. The number of hydrogen-bond acceptors (Lipinski definition) is 3. The highest BCUT2D eigenvalue weighted by Gasteiger charge is 2.23. The predicted molar refractivity (Wildman–Crippen MR) is 59.5 cm³/mol. The van der Waals surface area contributed by atoms with Crippen molar-refractivity contribution in [2.75, 3.05) is 13.7 Å². The second-order valence-electron chi connectivity index (χ2n) is 4.60. The van der Waals surface area contributed by atoms with Crippen molar-refractivity contribution in [2.24, 2.45) is 5.73 Å². The molecular weight excluding hydrogens is 192 g/mol. The van der Waals surface area contributed by atoms with Crippen LogP contribution in [0.5, 0.6) is 0 Å². The first-order valence-electron chi connectivity index (χ1n) is 5.63. The van der Waals surface area contributed by atoms with Crippen LogP contribution in [0, 0.1) is 0 Å². The molecule has 0 spiro atoms. The first kappa shape index (κ1) is 12.5. The van der Waals surface area contributed by atoms with Crippen molar-refractivity contribution in [3.05, 3.63) is 0 Å². The molecule has 1 rings (SSSR count). The molecule has 0 saturated heterocycles. The van der Waals surface area contributed by atoms with Gasteiger partial charge in [-0.3, -0.25) is 4.79 Å². The molecule has 88 valence electrons. The summed E-state index contributed by atoms with van der Waals surface area (Å²) >= 11 is 0. The topological polar surface area (TPSA) is 55.6 Å². The molecule has 0 aromatic heterocycles. The van der Waals surface area contributed by atoms with Crippen LogP contribution in [-0.4, -0.2) is 42.6 Å². The summed E-state index contributed by atoms with van der Waals surface area (Å²) in [5.41, 5.74) is 5.76. The van der Waals surface area contributed by atoms with Gasteiger partial charge in [0, 0.05) is 19.1 Å². The van der Waals surface area contributed by atoms with E-state index in [9.17, 15) is 4.79 Å². The number of likely N-dealkylation sites (N-methyl/N-ethyl adjacent to an activating group) is 1. The van der Waals surface area contributed by atoms with Crippen LogP contribution in [0.3, 0.4) is 0 Å². The fourth-order valence-corrected chi connectivity index (χ4v) is 1.70. The number of carbonyl (C=O) groups is 1. The van der Waals surface area contributed by atoms with Crippen LogP contribution in [0.1, 0.15) is 33.1 Å². The van der Waals surface area contributed by atoms with Crippen LogP contribution in [0.4, 0.5) is 0 Å². The fraction of sp³-hybridized carbons (Fsp3) is 0.909. The van der Waals surface area contributed by atoms with E-state index in [1.165, 1.54) is 0 Å². The molecule has 1 saturated carbocycles. The third kappa shape index (κ3) is 3.80. The summed E-state index contributed by atoms with van der Waals surface area (Å²) in [5.74, 6) is 0.0467. The van der Waals surface area contributed by atoms with Gasteiger partial charge >= 0.3 is 0 Å². The van der Waals surface area contributed by atoms with Crippen LogP contribution in [0.25, 0.3) is 0 Å². The van der Waals surface area contributed by atoms with Gasteiger partial charge in [-0.2, -0.15) is 0 Å². The average molecular weight is 214 g/mol. The van der Waals surface area contributed by atoms with Crippen molar-refractivity contribution in [2.45, 2.75) is 51.3 Å². The molecule has 0 aromatic rings. The number of rotatable bonds is 4. The average Bonchev–Trinajstić information content (AvgIpc) is 2.59. The highest BCUT2D eigenvalue weighted by molar-refractivity contribution is 5.77. The molecule has 0 heterocycles. The maximum Gasteiger partial charge on any atom is 0.248 e. The predicted octanol–water partition coefficient (Wildman–Crippen LogP) is 0.750. The molecule has 2 atom stereocenters. The van der Waals surface area contributed by atoms with Gasteiger partial charge < -0.3 is 15.4 Å². The number of amides is 1. The van der Waals surface area contributed by atoms with Crippen LogP contribution >= 0.6 is 0 Å². The Labute approximate surface area is 91.8 Å². The van der Waals surface area contributed by atoms with Crippen LogP contribution in [0.15, 0.2) is 0 Å². The van der Waals surface area contributed by atoms with Crippen molar-refractivity contribution in [1.82, 2.24) is 4.90 Å². The zero-order valence-corrected chi connectivity index (χ0v) is 9.90. The molecule has 0 radical (unpaired) electrons. The van der Waals surface area contributed by atoms with Gasteiger partial charge in [-0.1, -0.05) is 0 Å². The molecule has 2 unspecified atom stereocenters. The van der Waals surface area contributed by atoms with Gasteiger partial charge in [-0.25, -0.2) is 0 Å². The molecular formula is C11H22N2O2. The molecule has 0 bridgehead atoms. The molecule has 1 aliphatic carbocycles. The molecule has 2 N–H and O–H groups in total. The first-order chi connectivity index (χ1) is 7.00. The van der Waals surface area contributed by atoms with Gasteiger partial charge in [0.25, 0.3) is 0 Å². The Balaban J connectivity index is 2.22. The maximum atomic E-state index is 11.6. The van der Waals surface area contributed by atoms with Gasteiger partial charge in [-0.05, 0) is 33.1 Å². The SMILES string of the molecule is CC(C)N(C)C(=O)COC1CCC(N)C1. The number of carbonyl (C=O) groups excluding carboxylic acids is 1. The Morgan fingerprint density at radius 3 is 2.67 bits per heavy atom. The minimum atomic E-state index is 0.0467. The second kappa shape index (κ2) is 5.47. The van der Waals surface area contributed by atoms with Crippen LogP contribution < -0.4 is 5.73 Å². The lowest BCUT2D eigenvalue weighted by atomic mass is 10.3. The highest BCUT2D eigenvalue weighted by Crippen LogP contribution is 2.20. The second-order valence-corrected chi connectivity index (χ2v) is 4.60. The van der Waals surface area contributed by atoms with Gasteiger partial charge in [0.1, 0.15) is 6.61 Å².